The van der Waals surface area contributed by atoms with E-state index in [1.165, 1.54) is 16.7 Å². The highest BCUT2D eigenvalue weighted by Crippen LogP contribution is 2.18. The highest BCUT2D eigenvalue weighted by molar-refractivity contribution is 5.31. The molecule has 0 aliphatic rings. The molecule has 2 aromatic rings. The zero-order chi connectivity index (χ0) is 13.8. The summed E-state index contributed by atoms with van der Waals surface area (Å²) in [6.45, 7) is 7.41. The highest BCUT2D eigenvalue weighted by atomic mass is 15.3. The van der Waals surface area contributed by atoms with Gasteiger partial charge < -0.3 is 5.32 Å². The predicted octanol–water partition coefficient (Wildman–Crippen LogP) is 2.93. The molecule has 0 aliphatic heterocycles. The first-order valence-electron chi connectivity index (χ1n) is 6.89. The molecular formula is C16H23N3. The maximum atomic E-state index is 4.52. The first-order chi connectivity index (χ1) is 9.10. The first kappa shape index (κ1) is 13.8. The van der Waals surface area contributed by atoms with Crippen LogP contribution < -0.4 is 5.32 Å². The fraction of sp³-hybridized carbons (Fsp3) is 0.438. The van der Waals surface area contributed by atoms with E-state index in [9.17, 15) is 0 Å². The number of benzene rings is 1. The van der Waals surface area contributed by atoms with E-state index in [0.717, 1.165) is 18.7 Å². The average molecular weight is 257 g/mol. The Hall–Kier alpha value is -1.61. The van der Waals surface area contributed by atoms with Crippen LogP contribution in [0.15, 0.2) is 30.5 Å². The molecule has 2 rings (SSSR count). The Labute approximate surface area is 115 Å². The smallest absolute Gasteiger partial charge is 0.0797 e. The molecule has 0 fully saturated rings. The molecule has 3 heteroatoms. The topological polar surface area (TPSA) is 29.9 Å². The summed E-state index contributed by atoms with van der Waals surface area (Å²) < 4.78 is 1.86. The normalized spacial score (nSPS) is 12.6. The third kappa shape index (κ3) is 3.44. The minimum atomic E-state index is 0.285. The summed E-state index contributed by atoms with van der Waals surface area (Å²) in [4.78, 5) is 0. The van der Waals surface area contributed by atoms with Gasteiger partial charge in [0.15, 0.2) is 0 Å². The van der Waals surface area contributed by atoms with Crippen LogP contribution in [-0.4, -0.2) is 16.3 Å². The Bertz CT molecular complexity index is 543. The number of hydrogen-bond acceptors (Lipinski definition) is 2. The standard InChI is InChI=1S/C16H23N3/c1-5-17-16(15-8-9-19(4)18-15)11-14-7-6-12(2)13(3)10-14/h6-10,16-17H,5,11H2,1-4H3. The van der Waals surface area contributed by atoms with Crippen LogP contribution in [-0.2, 0) is 13.5 Å². The first-order valence-corrected chi connectivity index (χ1v) is 6.89. The minimum Gasteiger partial charge on any atom is -0.309 e. The summed E-state index contributed by atoms with van der Waals surface area (Å²) in [5.74, 6) is 0. The van der Waals surface area contributed by atoms with E-state index in [2.05, 4.69) is 55.5 Å². The van der Waals surface area contributed by atoms with E-state index >= 15 is 0 Å². The van der Waals surface area contributed by atoms with Crippen LogP contribution in [0.5, 0.6) is 0 Å². The van der Waals surface area contributed by atoms with Crippen molar-refractivity contribution in [3.63, 3.8) is 0 Å². The molecule has 1 atom stereocenters. The van der Waals surface area contributed by atoms with Crippen molar-refractivity contribution in [1.29, 1.82) is 0 Å². The zero-order valence-electron chi connectivity index (χ0n) is 12.3. The second-order valence-corrected chi connectivity index (χ2v) is 5.15. The molecule has 1 heterocycles. The van der Waals surface area contributed by atoms with Gasteiger partial charge in [0.2, 0.25) is 0 Å². The predicted molar refractivity (Wildman–Crippen MR) is 79.2 cm³/mol. The van der Waals surface area contributed by atoms with Gasteiger partial charge in [-0.2, -0.15) is 5.10 Å². The van der Waals surface area contributed by atoms with E-state index in [1.54, 1.807) is 0 Å². The molecule has 0 radical (unpaired) electrons. The zero-order valence-corrected chi connectivity index (χ0v) is 12.3. The Balaban J connectivity index is 2.18. The van der Waals surface area contributed by atoms with Gasteiger partial charge in [-0.05, 0) is 49.6 Å². The molecule has 0 bridgehead atoms. The van der Waals surface area contributed by atoms with E-state index in [-0.39, 0.29) is 6.04 Å². The van der Waals surface area contributed by atoms with Crippen molar-refractivity contribution < 1.29 is 0 Å². The van der Waals surface area contributed by atoms with Gasteiger partial charge in [0, 0.05) is 13.2 Å². The van der Waals surface area contributed by atoms with Crippen LogP contribution >= 0.6 is 0 Å². The Morgan fingerprint density at radius 3 is 2.58 bits per heavy atom. The van der Waals surface area contributed by atoms with E-state index in [0.29, 0.717) is 0 Å². The molecule has 3 nitrogen and oxygen atoms in total. The molecule has 0 saturated carbocycles. The number of rotatable bonds is 5. The average Bonchev–Trinajstić information content (AvgIpc) is 2.80. The van der Waals surface area contributed by atoms with Crippen molar-refractivity contribution in [1.82, 2.24) is 15.1 Å². The lowest BCUT2D eigenvalue weighted by Crippen LogP contribution is -2.23. The van der Waals surface area contributed by atoms with Gasteiger partial charge in [0.1, 0.15) is 0 Å². The molecule has 0 saturated heterocycles. The summed E-state index contributed by atoms with van der Waals surface area (Å²) in [5, 5.41) is 8.04. The molecule has 1 N–H and O–H groups in total. The summed E-state index contributed by atoms with van der Waals surface area (Å²) >= 11 is 0. The second-order valence-electron chi connectivity index (χ2n) is 5.15. The van der Waals surface area contributed by atoms with Crippen LogP contribution in [0.1, 0.15) is 35.3 Å². The third-order valence-corrected chi connectivity index (χ3v) is 3.55. The molecule has 1 aromatic carbocycles. The van der Waals surface area contributed by atoms with Gasteiger partial charge in [-0.15, -0.1) is 0 Å². The van der Waals surface area contributed by atoms with Crippen LogP contribution in [0.2, 0.25) is 0 Å². The number of nitrogens with zero attached hydrogens (tertiary/aromatic N) is 2. The molecule has 0 spiro atoms. The maximum absolute atomic E-state index is 4.52. The van der Waals surface area contributed by atoms with Crippen LogP contribution in [0, 0.1) is 13.8 Å². The fourth-order valence-electron chi connectivity index (χ4n) is 2.31. The Kier molecular flexibility index (Phi) is 4.38. The molecule has 0 aliphatic carbocycles. The van der Waals surface area contributed by atoms with Crippen molar-refractivity contribution >= 4 is 0 Å². The Morgan fingerprint density at radius 2 is 2.00 bits per heavy atom. The Morgan fingerprint density at radius 1 is 1.21 bits per heavy atom. The summed E-state index contributed by atoms with van der Waals surface area (Å²) in [6.07, 6.45) is 2.98. The lowest BCUT2D eigenvalue weighted by molar-refractivity contribution is 0.528. The van der Waals surface area contributed by atoms with Crippen molar-refractivity contribution in [3.05, 3.63) is 52.8 Å². The van der Waals surface area contributed by atoms with E-state index in [4.69, 9.17) is 0 Å². The van der Waals surface area contributed by atoms with Gasteiger partial charge in [-0.25, -0.2) is 0 Å². The van der Waals surface area contributed by atoms with Gasteiger partial charge in [0.25, 0.3) is 0 Å². The summed E-state index contributed by atoms with van der Waals surface area (Å²) in [7, 11) is 1.96. The van der Waals surface area contributed by atoms with Crippen molar-refractivity contribution in [3.8, 4) is 0 Å². The number of aryl methyl sites for hydroxylation is 3. The van der Waals surface area contributed by atoms with Crippen LogP contribution in [0.25, 0.3) is 0 Å². The molecule has 1 unspecified atom stereocenters. The maximum Gasteiger partial charge on any atom is 0.0797 e. The minimum absolute atomic E-state index is 0.285. The number of hydrogen-bond donors (Lipinski definition) is 1. The molecule has 0 amide bonds. The van der Waals surface area contributed by atoms with Crippen LogP contribution in [0.3, 0.4) is 0 Å². The lowest BCUT2D eigenvalue weighted by Gasteiger charge is -2.16. The third-order valence-electron chi connectivity index (χ3n) is 3.55. The monoisotopic (exact) mass is 257 g/mol. The molecule has 1 aromatic heterocycles. The fourth-order valence-corrected chi connectivity index (χ4v) is 2.31. The van der Waals surface area contributed by atoms with Gasteiger partial charge in [0.05, 0.1) is 11.7 Å². The van der Waals surface area contributed by atoms with Gasteiger partial charge in [-0.1, -0.05) is 25.1 Å². The molecular weight excluding hydrogens is 234 g/mol. The molecule has 19 heavy (non-hydrogen) atoms. The van der Waals surface area contributed by atoms with Crippen molar-refractivity contribution in [2.45, 2.75) is 33.2 Å². The molecule has 102 valence electrons. The largest absolute Gasteiger partial charge is 0.309 e. The van der Waals surface area contributed by atoms with Gasteiger partial charge in [-0.3, -0.25) is 4.68 Å². The lowest BCUT2D eigenvalue weighted by atomic mass is 9.99. The van der Waals surface area contributed by atoms with E-state index in [1.807, 2.05) is 17.9 Å². The van der Waals surface area contributed by atoms with E-state index < -0.39 is 0 Å². The second kappa shape index (κ2) is 6.02. The number of aromatic nitrogens is 2. The summed E-state index contributed by atoms with van der Waals surface area (Å²) in [6, 6.07) is 9.08. The van der Waals surface area contributed by atoms with Gasteiger partial charge >= 0.3 is 0 Å². The van der Waals surface area contributed by atoms with Crippen molar-refractivity contribution in [2.24, 2.45) is 7.05 Å². The quantitative estimate of drug-likeness (QED) is 0.892. The highest BCUT2D eigenvalue weighted by Gasteiger charge is 2.14. The van der Waals surface area contributed by atoms with Crippen LogP contribution in [0.4, 0.5) is 0 Å². The summed E-state index contributed by atoms with van der Waals surface area (Å²) in [5.41, 5.74) is 5.18. The number of likely N-dealkylation sites (N-methyl/N-ethyl adjacent to an activating group) is 1. The number of nitrogens with one attached hydrogen (secondary N) is 1. The van der Waals surface area contributed by atoms with Crippen molar-refractivity contribution in [2.75, 3.05) is 6.54 Å². The SMILES string of the molecule is CCNC(Cc1ccc(C)c(C)c1)c1ccn(C)n1.